The highest BCUT2D eigenvalue weighted by molar-refractivity contribution is 7.84. The van der Waals surface area contributed by atoms with Gasteiger partial charge in [-0.3, -0.25) is 4.98 Å². The summed E-state index contributed by atoms with van der Waals surface area (Å²) in [4.78, 5) is 4.28. The van der Waals surface area contributed by atoms with Crippen molar-refractivity contribution in [1.29, 1.82) is 0 Å². The molecular weight excluding hydrogens is 361 g/mol. The number of hydrogen-bond donors (Lipinski definition) is 2. The van der Waals surface area contributed by atoms with Gasteiger partial charge in [0, 0.05) is 12.4 Å². The van der Waals surface area contributed by atoms with Crippen molar-refractivity contribution < 1.29 is 8.60 Å². The van der Waals surface area contributed by atoms with Crippen molar-refractivity contribution in [1.82, 2.24) is 9.71 Å². The van der Waals surface area contributed by atoms with Crippen molar-refractivity contribution in [3.8, 4) is 0 Å². The van der Waals surface area contributed by atoms with Crippen LogP contribution >= 0.6 is 0 Å². The fraction of sp³-hybridized carbons (Fsp3) is 0.476. The summed E-state index contributed by atoms with van der Waals surface area (Å²) in [5.41, 5.74) is 6.96. The summed E-state index contributed by atoms with van der Waals surface area (Å²) in [6, 6.07) is 8.62. The molecule has 0 saturated heterocycles. The average Bonchev–Trinajstić information content (AvgIpc) is 3.45. The molecule has 1 aliphatic carbocycles. The second-order valence-corrected chi connectivity index (χ2v) is 10.3. The second-order valence-electron chi connectivity index (χ2n) is 8.35. The molecule has 1 fully saturated rings. The predicted molar refractivity (Wildman–Crippen MR) is 109 cm³/mol. The van der Waals surface area contributed by atoms with Crippen LogP contribution in [0.1, 0.15) is 57.6 Å². The number of nitrogens with zero attached hydrogens (tertiary/aromatic N) is 1. The Balaban J connectivity index is 2.13. The highest BCUT2D eigenvalue weighted by Gasteiger charge is 2.40. The first-order valence-corrected chi connectivity index (χ1v) is 10.5. The third kappa shape index (κ3) is 4.55. The molecule has 3 rings (SSSR count). The van der Waals surface area contributed by atoms with Gasteiger partial charge >= 0.3 is 0 Å². The summed E-state index contributed by atoms with van der Waals surface area (Å²) >= 11 is 0. The maximum atomic E-state index is 13.8. The molecule has 2 aromatic rings. The Hall–Kier alpha value is -1.79. The number of anilines is 1. The van der Waals surface area contributed by atoms with E-state index in [4.69, 9.17) is 5.73 Å². The molecule has 146 valence electrons. The second kappa shape index (κ2) is 7.68. The van der Waals surface area contributed by atoms with Gasteiger partial charge in [-0.1, -0.05) is 25.0 Å². The maximum absolute atomic E-state index is 13.8. The topological polar surface area (TPSA) is 68.0 Å². The molecule has 0 spiro atoms. The van der Waals surface area contributed by atoms with Crippen LogP contribution in [0.5, 0.6) is 0 Å². The number of aromatic nitrogens is 1. The number of benzene rings is 1. The molecule has 2 atom stereocenters. The molecule has 0 amide bonds. The minimum Gasteiger partial charge on any atom is -0.396 e. The van der Waals surface area contributed by atoms with Crippen LogP contribution in [0.2, 0.25) is 0 Å². The van der Waals surface area contributed by atoms with Gasteiger partial charge in [0.05, 0.1) is 27.0 Å². The molecule has 1 aromatic carbocycles. The molecule has 1 saturated carbocycles. The molecule has 3 N–H and O–H groups in total. The summed E-state index contributed by atoms with van der Waals surface area (Å²) < 4.78 is 29.9. The van der Waals surface area contributed by atoms with Crippen molar-refractivity contribution in [3.05, 3.63) is 59.7 Å². The molecule has 1 heterocycles. The molecule has 4 nitrogen and oxygen atoms in total. The first-order valence-electron chi connectivity index (χ1n) is 9.38. The lowest BCUT2D eigenvalue weighted by atomic mass is 9.80. The standard InChI is InChI=1S/C21H28FN3OS/c1-20(2,3)27(26)25-21(11-10-15-6-7-15,17-5-4-12-24-14-17)16-8-9-18(22)19(23)13-16/h4-5,8-9,12-15,25H,6-7,10-11,23H2,1-3H3. The number of nitrogens with one attached hydrogen (secondary N) is 1. The fourth-order valence-electron chi connectivity index (χ4n) is 3.19. The predicted octanol–water partition coefficient (Wildman–Crippen LogP) is 4.29. The van der Waals surface area contributed by atoms with Gasteiger partial charge in [0.25, 0.3) is 0 Å². The normalized spacial score (nSPS) is 18.1. The summed E-state index contributed by atoms with van der Waals surface area (Å²) in [7, 11) is -1.33. The van der Waals surface area contributed by atoms with Crippen LogP contribution in [-0.2, 0) is 16.5 Å². The number of rotatable bonds is 7. The quantitative estimate of drug-likeness (QED) is 0.694. The minimum absolute atomic E-state index is 0.0931. The molecule has 0 bridgehead atoms. The van der Waals surface area contributed by atoms with Gasteiger partial charge in [0.2, 0.25) is 0 Å². The summed E-state index contributed by atoms with van der Waals surface area (Å²) in [5, 5.41) is 0. The van der Waals surface area contributed by atoms with Crippen LogP contribution in [0.3, 0.4) is 0 Å². The minimum atomic E-state index is -1.33. The van der Waals surface area contributed by atoms with Crippen LogP contribution in [0, 0.1) is 11.7 Å². The van der Waals surface area contributed by atoms with Crippen LogP contribution in [0.25, 0.3) is 0 Å². The van der Waals surface area contributed by atoms with E-state index < -0.39 is 27.1 Å². The van der Waals surface area contributed by atoms with E-state index >= 15 is 0 Å². The Morgan fingerprint density at radius 2 is 2.00 bits per heavy atom. The zero-order valence-electron chi connectivity index (χ0n) is 16.2. The fourth-order valence-corrected chi connectivity index (χ4v) is 4.15. The van der Waals surface area contributed by atoms with Crippen LogP contribution in [-0.4, -0.2) is 13.9 Å². The highest BCUT2D eigenvalue weighted by Crippen LogP contribution is 2.42. The summed E-state index contributed by atoms with van der Waals surface area (Å²) in [6.45, 7) is 5.80. The van der Waals surface area contributed by atoms with E-state index in [9.17, 15) is 8.60 Å². The SMILES string of the molecule is CC(C)(C)S(=O)NC(CCC1CC1)(c1cccnc1)c1ccc(F)c(N)c1. The summed E-state index contributed by atoms with van der Waals surface area (Å²) in [5.74, 6) is 0.252. The van der Waals surface area contributed by atoms with Crippen LogP contribution < -0.4 is 10.5 Å². The van der Waals surface area contributed by atoms with Gasteiger partial charge in [-0.2, -0.15) is 0 Å². The van der Waals surface area contributed by atoms with Gasteiger partial charge in [-0.15, -0.1) is 0 Å². The smallest absolute Gasteiger partial charge is 0.146 e. The molecule has 1 aliphatic rings. The van der Waals surface area contributed by atoms with Crippen LogP contribution in [0.15, 0.2) is 42.7 Å². The van der Waals surface area contributed by atoms with Crippen molar-refractivity contribution >= 4 is 16.7 Å². The number of nitrogens with two attached hydrogens (primary N) is 1. The molecule has 27 heavy (non-hydrogen) atoms. The number of halogens is 1. The van der Waals surface area contributed by atoms with Gasteiger partial charge in [-0.25, -0.2) is 13.3 Å². The van der Waals surface area contributed by atoms with Gasteiger partial charge in [0.1, 0.15) is 5.82 Å². The lowest BCUT2D eigenvalue weighted by Gasteiger charge is -2.38. The first kappa shape index (κ1) is 20.0. The first-order chi connectivity index (χ1) is 12.7. The Labute approximate surface area is 163 Å². The Kier molecular flexibility index (Phi) is 5.68. The lowest BCUT2D eigenvalue weighted by Crippen LogP contribution is -2.49. The van der Waals surface area contributed by atoms with E-state index in [2.05, 4.69) is 9.71 Å². The van der Waals surface area contributed by atoms with E-state index in [0.717, 1.165) is 24.0 Å². The van der Waals surface area contributed by atoms with E-state index in [1.807, 2.05) is 32.9 Å². The largest absolute Gasteiger partial charge is 0.396 e. The molecule has 2 unspecified atom stereocenters. The van der Waals surface area contributed by atoms with Gasteiger partial charge in [0.15, 0.2) is 0 Å². The molecule has 0 aliphatic heterocycles. The Morgan fingerprint density at radius 1 is 1.26 bits per heavy atom. The van der Waals surface area contributed by atoms with Crippen molar-refractivity contribution in [2.45, 2.75) is 56.7 Å². The number of nitrogen functional groups attached to an aromatic ring is 1. The average molecular weight is 390 g/mol. The number of hydrogen-bond acceptors (Lipinski definition) is 3. The Morgan fingerprint density at radius 3 is 2.56 bits per heavy atom. The van der Waals surface area contributed by atoms with Gasteiger partial charge < -0.3 is 5.73 Å². The maximum Gasteiger partial charge on any atom is 0.146 e. The van der Waals surface area contributed by atoms with Gasteiger partial charge in [-0.05, 0) is 68.9 Å². The highest BCUT2D eigenvalue weighted by atomic mass is 32.2. The van der Waals surface area contributed by atoms with E-state index in [1.165, 1.54) is 18.9 Å². The third-order valence-electron chi connectivity index (χ3n) is 5.09. The van der Waals surface area contributed by atoms with E-state index in [1.54, 1.807) is 24.5 Å². The van der Waals surface area contributed by atoms with Crippen LogP contribution in [0.4, 0.5) is 10.1 Å². The third-order valence-corrected chi connectivity index (χ3v) is 6.74. The lowest BCUT2D eigenvalue weighted by molar-refractivity contribution is 0.414. The molecule has 1 aromatic heterocycles. The van der Waals surface area contributed by atoms with Crippen molar-refractivity contribution in [3.63, 3.8) is 0 Å². The Bertz CT molecular complexity index is 818. The van der Waals surface area contributed by atoms with Crippen molar-refractivity contribution in [2.75, 3.05) is 5.73 Å². The molecule has 6 heteroatoms. The van der Waals surface area contributed by atoms with E-state index in [0.29, 0.717) is 5.92 Å². The zero-order chi connectivity index (χ0) is 19.7. The molecule has 0 radical (unpaired) electrons. The monoisotopic (exact) mass is 389 g/mol. The number of pyridine rings is 1. The summed E-state index contributed by atoms with van der Waals surface area (Å²) in [6.07, 6.45) is 7.72. The zero-order valence-corrected chi connectivity index (χ0v) is 17.0. The van der Waals surface area contributed by atoms with Crippen molar-refractivity contribution in [2.24, 2.45) is 5.92 Å². The molecular formula is C21H28FN3OS. The van der Waals surface area contributed by atoms with E-state index in [-0.39, 0.29) is 5.69 Å².